The van der Waals surface area contributed by atoms with Crippen LogP contribution in [0.5, 0.6) is 0 Å². The lowest BCUT2D eigenvalue weighted by molar-refractivity contribution is 0.471. The van der Waals surface area contributed by atoms with Gasteiger partial charge in [0, 0.05) is 17.6 Å². The van der Waals surface area contributed by atoms with E-state index >= 15 is 0 Å². The molecule has 1 N–H and O–H groups in total. The molecule has 1 heterocycles. The Morgan fingerprint density at radius 3 is 2.76 bits per heavy atom. The number of rotatable bonds is 9. The van der Waals surface area contributed by atoms with E-state index in [9.17, 15) is 0 Å². The molecule has 1 atom stereocenters. The van der Waals surface area contributed by atoms with Crippen LogP contribution in [0.3, 0.4) is 0 Å². The van der Waals surface area contributed by atoms with E-state index in [1.165, 1.54) is 49.5 Å². The molecule has 0 amide bonds. The van der Waals surface area contributed by atoms with Crippen molar-refractivity contribution in [1.29, 1.82) is 0 Å². The Bertz CT molecular complexity index is 536. The largest absolute Gasteiger partial charge is 0.310 e. The fourth-order valence-corrected chi connectivity index (χ4v) is 2.79. The van der Waals surface area contributed by atoms with Gasteiger partial charge in [-0.3, -0.25) is 4.98 Å². The zero-order valence-corrected chi connectivity index (χ0v) is 13.4. The second-order valence-corrected chi connectivity index (χ2v) is 5.81. The zero-order valence-electron chi connectivity index (χ0n) is 13.4. The molecule has 2 aromatic rings. The lowest BCUT2D eigenvalue weighted by Gasteiger charge is -2.19. The summed E-state index contributed by atoms with van der Waals surface area (Å²) in [7, 11) is 0. The minimum absolute atomic E-state index is 0.478. The Morgan fingerprint density at radius 2 is 1.95 bits per heavy atom. The van der Waals surface area contributed by atoms with Crippen molar-refractivity contribution in [1.82, 2.24) is 10.3 Å². The molecule has 0 bridgehead atoms. The smallest absolute Gasteiger partial charge is 0.0702 e. The summed E-state index contributed by atoms with van der Waals surface area (Å²) in [5.41, 5.74) is 2.49. The maximum Gasteiger partial charge on any atom is 0.0702 e. The molecule has 0 aliphatic heterocycles. The third kappa shape index (κ3) is 4.82. The van der Waals surface area contributed by atoms with Crippen molar-refractivity contribution in [3.05, 3.63) is 42.1 Å². The van der Waals surface area contributed by atoms with E-state index in [4.69, 9.17) is 0 Å². The van der Waals surface area contributed by atoms with Gasteiger partial charge >= 0.3 is 0 Å². The first-order valence-electron chi connectivity index (χ1n) is 8.43. The third-order valence-corrected chi connectivity index (χ3v) is 4.02. The Labute approximate surface area is 129 Å². The van der Waals surface area contributed by atoms with Crippen molar-refractivity contribution in [2.24, 2.45) is 0 Å². The zero-order chi connectivity index (χ0) is 14.9. The van der Waals surface area contributed by atoms with Gasteiger partial charge in [0.15, 0.2) is 0 Å². The molecule has 2 nitrogen and oxygen atoms in total. The molecule has 0 saturated heterocycles. The first kappa shape index (κ1) is 16.0. The molecular formula is C19H28N2. The molecule has 1 aromatic carbocycles. The highest BCUT2D eigenvalue weighted by atomic mass is 14.9. The van der Waals surface area contributed by atoms with Crippen LogP contribution in [0.15, 0.2) is 36.5 Å². The van der Waals surface area contributed by atoms with Gasteiger partial charge in [-0.1, -0.05) is 51.7 Å². The molecule has 1 unspecified atom stereocenters. The summed E-state index contributed by atoms with van der Waals surface area (Å²) in [5, 5.41) is 4.95. The van der Waals surface area contributed by atoms with Crippen LogP contribution < -0.4 is 5.32 Å². The van der Waals surface area contributed by atoms with Gasteiger partial charge in [0.2, 0.25) is 0 Å². The number of hydrogen-bond donors (Lipinski definition) is 1. The lowest BCUT2D eigenvalue weighted by atomic mass is 9.98. The summed E-state index contributed by atoms with van der Waals surface area (Å²) in [6.07, 6.45) is 9.57. The minimum atomic E-state index is 0.478. The highest BCUT2D eigenvalue weighted by molar-refractivity contribution is 5.79. The molecule has 0 saturated carbocycles. The van der Waals surface area contributed by atoms with Crippen LogP contribution in [0.2, 0.25) is 0 Å². The monoisotopic (exact) mass is 284 g/mol. The number of fused-ring (bicyclic) bond motifs is 1. The molecule has 0 spiro atoms. The van der Waals surface area contributed by atoms with E-state index in [2.05, 4.69) is 48.4 Å². The van der Waals surface area contributed by atoms with Crippen LogP contribution in [0.1, 0.15) is 64.0 Å². The van der Waals surface area contributed by atoms with Gasteiger partial charge in [-0.25, -0.2) is 0 Å². The summed E-state index contributed by atoms with van der Waals surface area (Å²) in [6.45, 7) is 5.58. The maximum atomic E-state index is 4.41. The molecular weight excluding hydrogens is 256 g/mol. The van der Waals surface area contributed by atoms with Crippen molar-refractivity contribution in [2.75, 3.05) is 6.54 Å². The fraction of sp³-hybridized carbons (Fsp3) is 0.526. The minimum Gasteiger partial charge on any atom is -0.310 e. The summed E-state index contributed by atoms with van der Waals surface area (Å²) in [5.74, 6) is 0. The van der Waals surface area contributed by atoms with Crippen LogP contribution in [-0.4, -0.2) is 11.5 Å². The Hall–Kier alpha value is -1.41. The average molecular weight is 284 g/mol. The van der Waals surface area contributed by atoms with Crippen molar-refractivity contribution in [2.45, 2.75) is 58.4 Å². The second kappa shape index (κ2) is 8.78. The number of benzene rings is 1. The molecule has 0 aliphatic rings. The summed E-state index contributed by atoms with van der Waals surface area (Å²) in [6, 6.07) is 11.3. The van der Waals surface area contributed by atoms with Crippen molar-refractivity contribution in [3.8, 4) is 0 Å². The number of pyridine rings is 1. The molecule has 21 heavy (non-hydrogen) atoms. The van der Waals surface area contributed by atoms with Gasteiger partial charge in [-0.2, -0.15) is 0 Å². The maximum absolute atomic E-state index is 4.41. The number of nitrogens with zero attached hydrogens (tertiary/aromatic N) is 1. The van der Waals surface area contributed by atoms with Crippen molar-refractivity contribution in [3.63, 3.8) is 0 Å². The van der Waals surface area contributed by atoms with Gasteiger partial charge in [0.05, 0.1) is 5.52 Å². The van der Waals surface area contributed by atoms with Gasteiger partial charge in [0.1, 0.15) is 0 Å². The number of unbranched alkanes of at least 4 members (excludes halogenated alkanes) is 3. The van der Waals surface area contributed by atoms with Gasteiger partial charge in [-0.15, -0.1) is 0 Å². The Balaban J connectivity index is 2.08. The molecule has 1 aromatic heterocycles. The lowest BCUT2D eigenvalue weighted by Crippen LogP contribution is -2.22. The van der Waals surface area contributed by atoms with Crippen molar-refractivity contribution >= 4 is 10.9 Å². The second-order valence-electron chi connectivity index (χ2n) is 5.81. The summed E-state index contributed by atoms with van der Waals surface area (Å²) in [4.78, 5) is 4.41. The number of hydrogen-bond acceptors (Lipinski definition) is 2. The summed E-state index contributed by atoms with van der Waals surface area (Å²) < 4.78 is 0. The topological polar surface area (TPSA) is 24.9 Å². The molecule has 0 fully saturated rings. The SMILES string of the molecule is CCCCCCC(NCCC)c1ccc2ncccc2c1. The predicted molar refractivity (Wildman–Crippen MR) is 91.5 cm³/mol. The van der Waals surface area contributed by atoms with E-state index in [1.807, 2.05) is 12.3 Å². The van der Waals surface area contributed by atoms with E-state index in [1.54, 1.807) is 0 Å². The first-order valence-corrected chi connectivity index (χ1v) is 8.43. The van der Waals surface area contributed by atoms with Crippen LogP contribution in [-0.2, 0) is 0 Å². The van der Waals surface area contributed by atoms with Gasteiger partial charge in [0.25, 0.3) is 0 Å². The average Bonchev–Trinajstić information content (AvgIpc) is 2.54. The van der Waals surface area contributed by atoms with Gasteiger partial charge in [-0.05, 0) is 43.1 Å². The van der Waals surface area contributed by atoms with E-state index in [0.717, 1.165) is 12.1 Å². The van der Waals surface area contributed by atoms with Crippen molar-refractivity contribution < 1.29 is 0 Å². The highest BCUT2D eigenvalue weighted by Gasteiger charge is 2.11. The molecule has 114 valence electrons. The van der Waals surface area contributed by atoms with Crippen LogP contribution in [0, 0.1) is 0 Å². The molecule has 0 aliphatic carbocycles. The predicted octanol–water partition coefficient (Wildman–Crippen LogP) is 5.25. The molecule has 2 heteroatoms. The third-order valence-electron chi connectivity index (χ3n) is 4.02. The van der Waals surface area contributed by atoms with Crippen LogP contribution in [0.4, 0.5) is 0 Å². The van der Waals surface area contributed by atoms with E-state index in [0.29, 0.717) is 6.04 Å². The fourth-order valence-electron chi connectivity index (χ4n) is 2.79. The van der Waals surface area contributed by atoms with E-state index in [-0.39, 0.29) is 0 Å². The molecule has 2 rings (SSSR count). The first-order chi connectivity index (χ1) is 10.3. The highest BCUT2D eigenvalue weighted by Crippen LogP contribution is 2.23. The Morgan fingerprint density at radius 1 is 1.05 bits per heavy atom. The summed E-state index contributed by atoms with van der Waals surface area (Å²) >= 11 is 0. The Kier molecular flexibility index (Phi) is 6.68. The normalized spacial score (nSPS) is 12.7. The molecule has 0 radical (unpaired) electrons. The van der Waals surface area contributed by atoms with E-state index < -0.39 is 0 Å². The number of nitrogens with one attached hydrogen (secondary N) is 1. The standard InChI is InChI=1S/C19H28N2/c1-3-5-6-7-10-18(20-13-4-2)17-11-12-19-16(15-17)9-8-14-21-19/h8-9,11-12,14-15,18,20H,3-7,10,13H2,1-2H3. The van der Waals surface area contributed by atoms with Crippen LogP contribution in [0.25, 0.3) is 10.9 Å². The van der Waals surface area contributed by atoms with Crippen LogP contribution >= 0.6 is 0 Å². The number of aromatic nitrogens is 1. The quantitative estimate of drug-likeness (QED) is 0.636. The van der Waals surface area contributed by atoms with Gasteiger partial charge < -0.3 is 5.32 Å².